The molecule has 16 heavy (non-hydrogen) atoms. The van der Waals surface area contributed by atoms with Crippen LogP contribution in [-0.4, -0.2) is 18.2 Å². The average molecular weight is 220 g/mol. The van der Waals surface area contributed by atoms with Crippen molar-refractivity contribution in [2.75, 3.05) is 7.11 Å². The van der Waals surface area contributed by atoms with Gasteiger partial charge in [-0.25, -0.2) is 0 Å². The monoisotopic (exact) mass is 220 g/mol. The molecule has 1 N–H and O–H groups in total. The van der Waals surface area contributed by atoms with Crippen LogP contribution in [0.3, 0.4) is 0 Å². The number of ether oxygens (including phenoxy) is 1. The predicted molar refractivity (Wildman–Crippen MR) is 58.8 cm³/mol. The highest BCUT2D eigenvalue weighted by atomic mass is 16.5. The maximum atomic E-state index is 10.6. The Labute approximate surface area is 92.4 Å². The van der Waals surface area contributed by atoms with Gasteiger partial charge in [-0.3, -0.25) is 4.79 Å². The number of rotatable bonds is 3. The molecule has 0 aliphatic rings. The van der Waals surface area contributed by atoms with Crippen molar-refractivity contribution in [3.05, 3.63) is 29.5 Å². The summed E-state index contributed by atoms with van der Waals surface area (Å²) in [6.45, 7) is 1.86. The molecule has 0 amide bonds. The third-order valence-electron chi connectivity index (χ3n) is 2.56. The van der Waals surface area contributed by atoms with Crippen LogP contribution in [0.15, 0.2) is 22.6 Å². The lowest BCUT2D eigenvalue weighted by Crippen LogP contribution is -1.99. The van der Waals surface area contributed by atoms with E-state index in [0.29, 0.717) is 17.1 Å². The molecule has 2 rings (SSSR count). The zero-order chi connectivity index (χ0) is 11.7. The molecule has 0 unspecified atom stereocenters. The predicted octanol–water partition coefficient (Wildman–Crippen LogP) is 2.38. The summed E-state index contributed by atoms with van der Waals surface area (Å²) in [5, 5.41) is 9.66. The second-order valence-corrected chi connectivity index (χ2v) is 3.58. The van der Waals surface area contributed by atoms with Crippen molar-refractivity contribution in [3.63, 3.8) is 0 Å². The van der Waals surface area contributed by atoms with Gasteiger partial charge >= 0.3 is 5.97 Å². The van der Waals surface area contributed by atoms with Gasteiger partial charge in [0.05, 0.1) is 7.11 Å². The van der Waals surface area contributed by atoms with Crippen LogP contribution in [0.25, 0.3) is 11.0 Å². The third kappa shape index (κ3) is 1.74. The van der Waals surface area contributed by atoms with Crippen molar-refractivity contribution in [2.24, 2.45) is 0 Å². The van der Waals surface area contributed by atoms with Crippen molar-refractivity contribution in [1.29, 1.82) is 0 Å². The molecule has 4 nitrogen and oxygen atoms in total. The number of fused-ring (bicyclic) bond motifs is 1. The van der Waals surface area contributed by atoms with Crippen LogP contribution in [-0.2, 0) is 11.2 Å². The van der Waals surface area contributed by atoms with Crippen LogP contribution in [0.4, 0.5) is 0 Å². The Kier molecular flexibility index (Phi) is 2.56. The summed E-state index contributed by atoms with van der Waals surface area (Å²) in [5.74, 6) is 0.299. The highest BCUT2D eigenvalue weighted by Crippen LogP contribution is 2.28. The van der Waals surface area contributed by atoms with Crippen molar-refractivity contribution < 1.29 is 19.1 Å². The van der Waals surface area contributed by atoms with Gasteiger partial charge in [0, 0.05) is 11.5 Å². The van der Waals surface area contributed by atoms with Gasteiger partial charge in [0.25, 0.3) is 0 Å². The number of carboxylic acids is 1. The van der Waals surface area contributed by atoms with E-state index in [1.54, 1.807) is 13.2 Å². The van der Waals surface area contributed by atoms with Gasteiger partial charge in [-0.1, -0.05) is 0 Å². The minimum Gasteiger partial charge on any atom is -0.497 e. The number of aryl methyl sites for hydroxylation is 1. The van der Waals surface area contributed by atoms with Crippen molar-refractivity contribution in [1.82, 2.24) is 0 Å². The SMILES string of the molecule is COc1ccc2c(C)c(CC(=O)O)oc2c1. The quantitative estimate of drug-likeness (QED) is 0.862. The van der Waals surface area contributed by atoms with Crippen molar-refractivity contribution >= 4 is 16.9 Å². The van der Waals surface area contributed by atoms with E-state index in [9.17, 15) is 4.79 Å². The highest BCUT2D eigenvalue weighted by molar-refractivity contribution is 5.84. The van der Waals surface area contributed by atoms with Gasteiger partial charge in [-0.2, -0.15) is 0 Å². The Morgan fingerprint density at radius 2 is 2.25 bits per heavy atom. The van der Waals surface area contributed by atoms with Gasteiger partial charge in [0.1, 0.15) is 23.5 Å². The van der Waals surface area contributed by atoms with Gasteiger partial charge in [0.15, 0.2) is 0 Å². The Morgan fingerprint density at radius 3 is 2.88 bits per heavy atom. The van der Waals surface area contributed by atoms with Crippen LogP contribution in [0, 0.1) is 6.92 Å². The van der Waals surface area contributed by atoms with Crippen molar-refractivity contribution in [3.8, 4) is 5.75 Å². The van der Waals surface area contributed by atoms with E-state index in [-0.39, 0.29) is 6.42 Å². The molecule has 0 aliphatic carbocycles. The minimum atomic E-state index is -0.894. The molecular formula is C12H12O4. The fourth-order valence-corrected chi connectivity index (χ4v) is 1.69. The van der Waals surface area contributed by atoms with E-state index >= 15 is 0 Å². The zero-order valence-electron chi connectivity index (χ0n) is 9.11. The molecule has 2 aromatic rings. The fraction of sp³-hybridized carbons (Fsp3) is 0.250. The molecule has 4 heteroatoms. The van der Waals surface area contributed by atoms with Gasteiger partial charge in [0.2, 0.25) is 0 Å². The Morgan fingerprint density at radius 1 is 1.50 bits per heavy atom. The summed E-state index contributed by atoms with van der Waals surface area (Å²) in [7, 11) is 1.58. The largest absolute Gasteiger partial charge is 0.497 e. The molecular weight excluding hydrogens is 208 g/mol. The van der Waals surface area contributed by atoms with Crippen LogP contribution >= 0.6 is 0 Å². The van der Waals surface area contributed by atoms with E-state index in [2.05, 4.69) is 0 Å². The lowest BCUT2D eigenvalue weighted by Gasteiger charge is -1.97. The number of furan rings is 1. The second kappa shape index (κ2) is 3.89. The number of benzene rings is 1. The minimum absolute atomic E-state index is 0.0944. The normalized spacial score (nSPS) is 10.6. The molecule has 0 spiro atoms. The maximum absolute atomic E-state index is 10.6. The first-order valence-corrected chi connectivity index (χ1v) is 4.89. The molecule has 0 saturated heterocycles. The van der Waals surface area contributed by atoms with Crippen LogP contribution < -0.4 is 4.74 Å². The van der Waals surface area contributed by atoms with E-state index < -0.39 is 5.97 Å². The van der Waals surface area contributed by atoms with E-state index in [0.717, 1.165) is 10.9 Å². The summed E-state index contributed by atoms with van der Waals surface area (Å²) in [6.07, 6.45) is -0.0944. The van der Waals surface area contributed by atoms with Crippen LogP contribution in [0.2, 0.25) is 0 Å². The first-order valence-electron chi connectivity index (χ1n) is 4.89. The summed E-state index contributed by atoms with van der Waals surface area (Å²) in [4.78, 5) is 10.6. The first-order chi connectivity index (χ1) is 7.61. The number of carbonyl (C=O) groups is 1. The smallest absolute Gasteiger partial charge is 0.311 e. The molecule has 0 aliphatic heterocycles. The lowest BCUT2D eigenvalue weighted by atomic mass is 10.1. The molecule has 0 fully saturated rings. The van der Waals surface area contributed by atoms with E-state index in [4.69, 9.17) is 14.3 Å². The Balaban J connectivity index is 2.54. The molecule has 84 valence electrons. The molecule has 0 bridgehead atoms. The second-order valence-electron chi connectivity index (χ2n) is 3.58. The molecule has 0 radical (unpaired) electrons. The number of hydrogen-bond acceptors (Lipinski definition) is 3. The fourth-order valence-electron chi connectivity index (χ4n) is 1.69. The summed E-state index contributed by atoms with van der Waals surface area (Å²) in [6, 6.07) is 5.46. The van der Waals surface area contributed by atoms with Crippen LogP contribution in [0.5, 0.6) is 5.75 Å². The lowest BCUT2D eigenvalue weighted by molar-refractivity contribution is -0.136. The highest BCUT2D eigenvalue weighted by Gasteiger charge is 2.13. The standard InChI is InChI=1S/C12H12O4/c1-7-9-4-3-8(15-2)5-11(9)16-10(7)6-12(13)14/h3-5H,6H2,1-2H3,(H,13,14). The number of methoxy groups -OCH3 is 1. The summed E-state index contributed by atoms with van der Waals surface area (Å²) in [5.41, 5.74) is 1.54. The van der Waals surface area contributed by atoms with Gasteiger partial charge < -0.3 is 14.3 Å². The first kappa shape index (κ1) is 10.5. The number of carboxylic acid groups (broad SMARTS) is 1. The summed E-state index contributed by atoms with van der Waals surface area (Å²) >= 11 is 0. The van der Waals surface area contributed by atoms with Gasteiger partial charge in [-0.05, 0) is 24.6 Å². The molecule has 1 heterocycles. The van der Waals surface area contributed by atoms with E-state index in [1.807, 2.05) is 19.1 Å². The zero-order valence-corrected chi connectivity index (χ0v) is 9.11. The molecule has 1 aromatic heterocycles. The Hall–Kier alpha value is -1.97. The third-order valence-corrected chi connectivity index (χ3v) is 2.56. The molecule has 0 atom stereocenters. The topological polar surface area (TPSA) is 59.7 Å². The van der Waals surface area contributed by atoms with Crippen LogP contribution in [0.1, 0.15) is 11.3 Å². The summed E-state index contributed by atoms with van der Waals surface area (Å²) < 4.78 is 10.6. The molecule has 1 aromatic carbocycles. The van der Waals surface area contributed by atoms with E-state index in [1.165, 1.54) is 0 Å². The Bertz CT molecular complexity index is 539. The number of aliphatic carboxylic acids is 1. The van der Waals surface area contributed by atoms with Crippen molar-refractivity contribution in [2.45, 2.75) is 13.3 Å². The average Bonchev–Trinajstić information content (AvgIpc) is 2.54. The maximum Gasteiger partial charge on any atom is 0.311 e. The molecule has 0 saturated carbocycles. The number of hydrogen-bond donors (Lipinski definition) is 1. The van der Waals surface area contributed by atoms with Gasteiger partial charge in [-0.15, -0.1) is 0 Å².